The molecular formula is C19H15ClN2O3. The van der Waals surface area contributed by atoms with Crippen molar-refractivity contribution >= 4 is 23.0 Å². The van der Waals surface area contributed by atoms with E-state index >= 15 is 0 Å². The van der Waals surface area contributed by atoms with Crippen LogP contribution in [0, 0.1) is 10.1 Å². The van der Waals surface area contributed by atoms with Crippen LogP contribution in [0.15, 0.2) is 66.7 Å². The minimum absolute atomic E-state index is 0.0707. The molecule has 0 unspecified atom stereocenters. The van der Waals surface area contributed by atoms with Gasteiger partial charge in [-0.25, -0.2) is 0 Å². The first-order valence-corrected chi connectivity index (χ1v) is 7.93. The third-order valence-electron chi connectivity index (χ3n) is 3.73. The molecule has 0 aliphatic heterocycles. The summed E-state index contributed by atoms with van der Waals surface area (Å²) in [6.07, 6.45) is 0. The molecule has 6 heteroatoms. The lowest BCUT2D eigenvalue weighted by molar-refractivity contribution is -0.385. The van der Waals surface area contributed by atoms with E-state index in [1.807, 2.05) is 30.3 Å². The minimum atomic E-state index is -0.472. The van der Waals surface area contributed by atoms with Gasteiger partial charge >= 0.3 is 5.69 Å². The first-order chi connectivity index (χ1) is 12.1. The molecule has 3 aromatic carbocycles. The summed E-state index contributed by atoms with van der Waals surface area (Å²) in [7, 11) is 0. The molecule has 0 bridgehead atoms. The first-order valence-electron chi connectivity index (χ1n) is 7.56. The molecule has 0 aliphatic carbocycles. The second kappa shape index (κ2) is 7.23. The zero-order valence-corrected chi connectivity index (χ0v) is 13.9. The maximum absolute atomic E-state index is 11.7. The molecular weight excluding hydrogens is 340 g/mol. The number of anilines is 1. The van der Waals surface area contributed by atoms with E-state index in [4.69, 9.17) is 22.1 Å². The van der Waals surface area contributed by atoms with Gasteiger partial charge in [-0.2, -0.15) is 0 Å². The molecule has 0 heterocycles. The largest absolute Gasteiger partial charge is 0.480 e. The Balaban J connectivity index is 2.03. The van der Waals surface area contributed by atoms with Crippen LogP contribution in [-0.4, -0.2) is 4.92 Å². The SMILES string of the molecule is Nc1ccc(-c2ccc(Cl)cc2)c([N+](=O)[O-])c1OCc1ccccc1. The molecule has 0 amide bonds. The fourth-order valence-corrected chi connectivity index (χ4v) is 2.64. The lowest BCUT2D eigenvalue weighted by atomic mass is 10.0. The maximum Gasteiger partial charge on any atom is 0.320 e. The number of hydrogen-bond acceptors (Lipinski definition) is 4. The van der Waals surface area contributed by atoms with Gasteiger partial charge in [-0.15, -0.1) is 0 Å². The second-order valence-electron chi connectivity index (χ2n) is 5.42. The van der Waals surface area contributed by atoms with Gasteiger partial charge in [0.1, 0.15) is 6.61 Å². The van der Waals surface area contributed by atoms with Crippen LogP contribution >= 0.6 is 11.6 Å². The molecule has 25 heavy (non-hydrogen) atoms. The van der Waals surface area contributed by atoms with Crippen LogP contribution < -0.4 is 10.5 Å². The van der Waals surface area contributed by atoms with Crippen molar-refractivity contribution in [3.63, 3.8) is 0 Å². The fraction of sp³-hybridized carbons (Fsp3) is 0.0526. The van der Waals surface area contributed by atoms with Crippen molar-refractivity contribution in [3.8, 4) is 16.9 Å². The van der Waals surface area contributed by atoms with E-state index in [0.29, 0.717) is 16.1 Å². The van der Waals surface area contributed by atoms with E-state index < -0.39 is 4.92 Å². The quantitative estimate of drug-likeness (QED) is 0.394. The van der Waals surface area contributed by atoms with Crippen LogP contribution in [0.4, 0.5) is 11.4 Å². The minimum Gasteiger partial charge on any atom is -0.480 e. The third-order valence-corrected chi connectivity index (χ3v) is 3.98. The third kappa shape index (κ3) is 3.72. The number of ether oxygens (including phenoxy) is 1. The van der Waals surface area contributed by atoms with E-state index in [-0.39, 0.29) is 23.7 Å². The average molecular weight is 355 g/mol. The summed E-state index contributed by atoms with van der Waals surface area (Å²) in [5.41, 5.74) is 8.01. The molecule has 126 valence electrons. The van der Waals surface area contributed by atoms with Crippen molar-refractivity contribution in [2.75, 3.05) is 5.73 Å². The Morgan fingerprint density at radius 1 is 1.00 bits per heavy atom. The van der Waals surface area contributed by atoms with Crippen molar-refractivity contribution < 1.29 is 9.66 Å². The average Bonchev–Trinajstić information content (AvgIpc) is 2.62. The van der Waals surface area contributed by atoms with Crippen LogP contribution in [0.1, 0.15) is 5.56 Å². The molecule has 0 spiro atoms. The van der Waals surface area contributed by atoms with Gasteiger partial charge in [0.05, 0.1) is 16.2 Å². The Hall–Kier alpha value is -3.05. The Morgan fingerprint density at radius 3 is 2.32 bits per heavy atom. The number of nitrogens with zero attached hydrogens (tertiary/aromatic N) is 1. The van der Waals surface area contributed by atoms with Crippen LogP contribution in [0.3, 0.4) is 0 Å². The highest BCUT2D eigenvalue weighted by molar-refractivity contribution is 6.30. The highest BCUT2D eigenvalue weighted by Crippen LogP contribution is 2.42. The Kier molecular flexibility index (Phi) is 4.86. The van der Waals surface area contributed by atoms with Gasteiger partial charge in [0.15, 0.2) is 0 Å². The predicted octanol–water partition coefficient (Wildman–Crippen LogP) is 5.08. The number of nitrogen functional groups attached to an aromatic ring is 1. The number of nitro benzene ring substituents is 1. The van der Waals surface area contributed by atoms with Gasteiger partial charge in [-0.05, 0) is 35.4 Å². The van der Waals surface area contributed by atoms with E-state index in [1.54, 1.807) is 36.4 Å². The number of rotatable bonds is 5. The van der Waals surface area contributed by atoms with Gasteiger partial charge in [-0.1, -0.05) is 54.1 Å². The Labute approximate surface area is 149 Å². The summed E-state index contributed by atoms with van der Waals surface area (Å²) < 4.78 is 5.71. The lowest BCUT2D eigenvalue weighted by Crippen LogP contribution is -2.04. The van der Waals surface area contributed by atoms with E-state index in [1.165, 1.54) is 0 Å². The summed E-state index contributed by atoms with van der Waals surface area (Å²) in [5, 5.41) is 12.2. The number of halogens is 1. The topological polar surface area (TPSA) is 78.4 Å². The smallest absolute Gasteiger partial charge is 0.320 e. The molecule has 3 rings (SSSR count). The van der Waals surface area contributed by atoms with E-state index in [2.05, 4.69) is 0 Å². The van der Waals surface area contributed by atoms with Crippen LogP contribution in [0.2, 0.25) is 5.02 Å². The monoisotopic (exact) mass is 354 g/mol. The summed E-state index contributed by atoms with van der Waals surface area (Å²) >= 11 is 5.90. The zero-order chi connectivity index (χ0) is 17.8. The van der Waals surface area contributed by atoms with Crippen molar-refractivity contribution in [3.05, 3.63) is 87.4 Å². The molecule has 0 aliphatic rings. The summed E-state index contributed by atoms with van der Waals surface area (Å²) in [6, 6.07) is 19.4. The normalized spacial score (nSPS) is 10.4. The number of nitro groups is 1. The number of benzene rings is 3. The molecule has 3 aromatic rings. The molecule has 0 radical (unpaired) electrons. The molecule has 0 atom stereocenters. The predicted molar refractivity (Wildman–Crippen MR) is 98.7 cm³/mol. The number of nitrogens with two attached hydrogens (primary N) is 1. The van der Waals surface area contributed by atoms with Crippen molar-refractivity contribution in [1.82, 2.24) is 0 Å². The van der Waals surface area contributed by atoms with Gasteiger partial charge in [0.2, 0.25) is 5.75 Å². The Morgan fingerprint density at radius 2 is 1.68 bits per heavy atom. The standard InChI is InChI=1S/C19H15ClN2O3/c20-15-8-6-14(7-9-15)16-10-11-17(21)19(18(16)22(23)24)25-12-13-4-2-1-3-5-13/h1-11H,12,21H2. The van der Waals surface area contributed by atoms with Crippen LogP contribution in [-0.2, 0) is 6.61 Å². The molecule has 0 saturated carbocycles. The highest BCUT2D eigenvalue weighted by Gasteiger charge is 2.25. The highest BCUT2D eigenvalue weighted by atomic mass is 35.5. The lowest BCUT2D eigenvalue weighted by Gasteiger charge is -2.12. The van der Waals surface area contributed by atoms with Crippen molar-refractivity contribution in [2.45, 2.75) is 6.61 Å². The van der Waals surface area contributed by atoms with E-state index in [9.17, 15) is 10.1 Å². The molecule has 5 nitrogen and oxygen atoms in total. The molecule has 2 N–H and O–H groups in total. The van der Waals surface area contributed by atoms with Crippen molar-refractivity contribution in [1.29, 1.82) is 0 Å². The van der Waals surface area contributed by atoms with E-state index in [0.717, 1.165) is 5.56 Å². The second-order valence-corrected chi connectivity index (χ2v) is 5.85. The fourth-order valence-electron chi connectivity index (χ4n) is 2.51. The summed E-state index contributed by atoms with van der Waals surface area (Å²) in [4.78, 5) is 11.2. The maximum atomic E-state index is 11.7. The molecule has 0 saturated heterocycles. The van der Waals surface area contributed by atoms with Gasteiger partial charge in [0, 0.05) is 5.02 Å². The zero-order valence-electron chi connectivity index (χ0n) is 13.2. The van der Waals surface area contributed by atoms with Crippen LogP contribution in [0.5, 0.6) is 5.75 Å². The van der Waals surface area contributed by atoms with Crippen LogP contribution in [0.25, 0.3) is 11.1 Å². The van der Waals surface area contributed by atoms with Crippen molar-refractivity contribution in [2.24, 2.45) is 0 Å². The Bertz CT molecular complexity index is 897. The molecule has 0 fully saturated rings. The number of hydrogen-bond donors (Lipinski definition) is 1. The summed E-state index contributed by atoms with van der Waals surface area (Å²) in [6.45, 7) is 0.190. The molecule has 0 aromatic heterocycles. The summed E-state index contributed by atoms with van der Waals surface area (Å²) in [5.74, 6) is 0.0707. The van der Waals surface area contributed by atoms with Gasteiger partial charge in [-0.3, -0.25) is 10.1 Å². The van der Waals surface area contributed by atoms with Gasteiger partial charge < -0.3 is 10.5 Å². The van der Waals surface area contributed by atoms with Gasteiger partial charge in [0.25, 0.3) is 0 Å². The first kappa shape index (κ1) is 16.8.